The fraction of sp³-hybridized carbons (Fsp3) is 0.310. The summed E-state index contributed by atoms with van der Waals surface area (Å²) in [5, 5.41) is 19.8. The molecule has 176 valence electrons. The summed E-state index contributed by atoms with van der Waals surface area (Å²) >= 11 is 0. The van der Waals surface area contributed by atoms with E-state index in [1.54, 1.807) is 24.3 Å². The number of fused-ring (bicyclic) bond motifs is 1. The zero-order valence-corrected chi connectivity index (χ0v) is 19.7. The Hall–Kier alpha value is -3.44. The Labute approximate surface area is 200 Å². The SMILES string of the molecule is CCC1CN(CCOc2ccc(C3Oc4ccc(O)cc4C(C)=C3c3ccc(O)cc3)cc2)C1. The predicted octanol–water partition coefficient (Wildman–Crippen LogP) is 5.88. The van der Waals surface area contributed by atoms with Gasteiger partial charge in [-0.05, 0) is 72.0 Å². The van der Waals surface area contributed by atoms with E-state index in [9.17, 15) is 10.2 Å². The number of ether oxygens (including phenoxy) is 2. The quantitative estimate of drug-likeness (QED) is 0.464. The number of phenols is 2. The number of allylic oxidation sites excluding steroid dienone is 1. The Kier molecular flexibility index (Phi) is 6.20. The number of aromatic hydroxyl groups is 2. The molecule has 2 aliphatic heterocycles. The van der Waals surface area contributed by atoms with Crippen LogP contribution in [-0.4, -0.2) is 41.4 Å². The van der Waals surface area contributed by atoms with Gasteiger partial charge in [0.15, 0.2) is 0 Å². The third-order valence-corrected chi connectivity index (χ3v) is 6.93. The van der Waals surface area contributed by atoms with Gasteiger partial charge in [-0.3, -0.25) is 4.90 Å². The van der Waals surface area contributed by atoms with Gasteiger partial charge < -0.3 is 19.7 Å². The molecule has 5 heteroatoms. The average molecular weight is 458 g/mol. The average Bonchev–Trinajstić information content (AvgIpc) is 2.82. The first-order valence-electron chi connectivity index (χ1n) is 12.0. The Balaban J connectivity index is 1.37. The lowest BCUT2D eigenvalue weighted by Gasteiger charge is -2.38. The van der Waals surface area contributed by atoms with Crippen LogP contribution in [0.4, 0.5) is 0 Å². The highest BCUT2D eigenvalue weighted by Crippen LogP contribution is 2.47. The van der Waals surface area contributed by atoms with Crippen LogP contribution in [0.25, 0.3) is 11.1 Å². The van der Waals surface area contributed by atoms with Gasteiger partial charge in [0.25, 0.3) is 0 Å². The second-order valence-corrected chi connectivity index (χ2v) is 9.22. The van der Waals surface area contributed by atoms with E-state index in [4.69, 9.17) is 9.47 Å². The van der Waals surface area contributed by atoms with Gasteiger partial charge in [0, 0.05) is 30.8 Å². The highest BCUT2D eigenvalue weighted by molar-refractivity contribution is 5.95. The maximum Gasteiger partial charge on any atom is 0.150 e. The van der Waals surface area contributed by atoms with Crippen LogP contribution in [0.5, 0.6) is 23.0 Å². The maximum absolute atomic E-state index is 10.0. The van der Waals surface area contributed by atoms with Gasteiger partial charge in [0.2, 0.25) is 0 Å². The molecule has 5 nitrogen and oxygen atoms in total. The van der Waals surface area contributed by atoms with Crippen LogP contribution >= 0.6 is 0 Å². The summed E-state index contributed by atoms with van der Waals surface area (Å²) < 4.78 is 12.4. The van der Waals surface area contributed by atoms with E-state index in [2.05, 4.69) is 24.0 Å². The van der Waals surface area contributed by atoms with Gasteiger partial charge in [-0.15, -0.1) is 0 Å². The van der Waals surface area contributed by atoms with Crippen LogP contribution in [0.15, 0.2) is 66.7 Å². The van der Waals surface area contributed by atoms with Crippen molar-refractivity contribution in [3.05, 3.63) is 83.4 Å². The van der Waals surface area contributed by atoms with Crippen LogP contribution in [0, 0.1) is 5.92 Å². The van der Waals surface area contributed by atoms with E-state index in [-0.39, 0.29) is 17.6 Å². The monoisotopic (exact) mass is 457 g/mol. The van der Waals surface area contributed by atoms with E-state index in [0.717, 1.165) is 51.8 Å². The predicted molar refractivity (Wildman–Crippen MR) is 134 cm³/mol. The molecular formula is C29H31NO4. The molecular weight excluding hydrogens is 426 g/mol. The maximum atomic E-state index is 10.0. The van der Waals surface area contributed by atoms with E-state index in [1.807, 2.05) is 37.3 Å². The fourth-order valence-electron chi connectivity index (χ4n) is 4.83. The van der Waals surface area contributed by atoms with E-state index < -0.39 is 0 Å². The summed E-state index contributed by atoms with van der Waals surface area (Å²) in [6, 6.07) is 20.5. The number of likely N-dealkylation sites (tertiary alicyclic amines) is 1. The van der Waals surface area contributed by atoms with E-state index in [1.165, 1.54) is 19.5 Å². The lowest BCUT2D eigenvalue weighted by atomic mass is 9.86. The number of benzene rings is 3. The molecule has 2 aliphatic rings. The normalized spacial score (nSPS) is 18.2. The van der Waals surface area contributed by atoms with Gasteiger partial charge in [0.05, 0.1) is 0 Å². The van der Waals surface area contributed by atoms with Crippen LogP contribution in [0.1, 0.15) is 43.1 Å². The minimum atomic E-state index is -0.317. The topological polar surface area (TPSA) is 62.2 Å². The first-order valence-corrected chi connectivity index (χ1v) is 12.0. The molecule has 5 rings (SSSR count). The van der Waals surface area contributed by atoms with Crippen molar-refractivity contribution < 1.29 is 19.7 Å². The molecule has 2 N–H and O–H groups in total. The molecule has 1 fully saturated rings. The molecule has 0 spiro atoms. The van der Waals surface area contributed by atoms with Gasteiger partial charge >= 0.3 is 0 Å². The molecule has 1 unspecified atom stereocenters. The van der Waals surface area contributed by atoms with Crippen LogP contribution in [0.2, 0.25) is 0 Å². The van der Waals surface area contributed by atoms with Gasteiger partial charge in [-0.1, -0.05) is 37.6 Å². The van der Waals surface area contributed by atoms with E-state index >= 15 is 0 Å². The molecule has 0 amide bonds. The summed E-state index contributed by atoms with van der Waals surface area (Å²) in [5.41, 5.74) is 4.90. The van der Waals surface area contributed by atoms with Crippen molar-refractivity contribution in [3.8, 4) is 23.0 Å². The van der Waals surface area contributed by atoms with Crippen molar-refractivity contribution in [1.82, 2.24) is 4.90 Å². The zero-order valence-electron chi connectivity index (χ0n) is 19.7. The Morgan fingerprint density at radius 3 is 2.35 bits per heavy atom. The van der Waals surface area contributed by atoms with Gasteiger partial charge in [-0.25, -0.2) is 0 Å². The molecule has 3 aromatic rings. The number of hydrogen-bond donors (Lipinski definition) is 2. The van der Waals surface area contributed by atoms with Crippen LogP contribution in [0.3, 0.4) is 0 Å². The first kappa shape index (κ1) is 22.4. The largest absolute Gasteiger partial charge is 0.508 e. The molecule has 1 saturated heterocycles. The highest BCUT2D eigenvalue weighted by atomic mass is 16.5. The molecule has 0 saturated carbocycles. The summed E-state index contributed by atoms with van der Waals surface area (Å²) in [6.45, 7) is 8.31. The van der Waals surface area contributed by atoms with Crippen molar-refractivity contribution in [2.45, 2.75) is 26.4 Å². The lowest BCUT2D eigenvalue weighted by Crippen LogP contribution is -2.47. The van der Waals surface area contributed by atoms with Crippen LogP contribution < -0.4 is 9.47 Å². The Bertz CT molecular complexity index is 1180. The molecule has 34 heavy (non-hydrogen) atoms. The summed E-state index contributed by atoms with van der Waals surface area (Å²) in [7, 11) is 0. The second-order valence-electron chi connectivity index (χ2n) is 9.22. The standard InChI is InChI=1S/C29H31NO4/c1-3-20-17-30(18-20)14-15-33-25-11-6-22(7-12-25)29-28(21-4-8-23(31)9-5-21)19(2)26-16-24(32)10-13-27(26)34-29/h4-13,16,20,29,31-32H,3,14-15,17-18H2,1-2H3. The number of hydrogen-bond acceptors (Lipinski definition) is 5. The third kappa shape index (κ3) is 4.48. The smallest absolute Gasteiger partial charge is 0.150 e. The Morgan fingerprint density at radius 1 is 0.941 bits per heavy atom. The second kappa shape index (κ2) is 9.43. The van der Waals surface area contributed by atoms with Crippen molar-refractivity contribution in [1.29, 1.82) is 0 Å². The fourth-order valence-corrected chi connectivity index (χ4v) is 4.83. The molecule has 3 aromatic carbocycles. The highest BCUT2D eigenvalue weighted by Gasteiger charge is 2.29. The zero-order chi connectivity index (χ0) is 23.7. The number of nitrogens with zero attached hydrogens (tertiary/aromatic N) is 1. The Morgan fingerprint density at radius 2 is 1.65 bits per heavy atom. The molecule has 0 radical (unpaired) electrons. The first-order chi connectivity index (χ1) is 16.5. The minimum absolute atomic E-state index is 0.204. The summed E-state index contributed by atoms with van der Waals surface area (Å²) in [5.74, 6) is 2.86. The van der Waals surface area contributed by atoms with Crippen molar-refractivity contribution >= 4 is 11.1 Å². The third-order valence-electron chi connectivity index (χ3n) is 6.93. The molecule has 0 aromatic heterocycles. The number of phenolic OH excluding ortho intramolecular Hbond substituents is 2. The summed E-state index contributed by atoms with van der Waals surface area (Å²) in [4.78, 5) is 2.44. The van der Waals surface area contributed by atoms with Crippen molar-refractivity contribution in [3.63, 3.8) is 0 Å². The van der Waals surface area contributed by atoms with Crippen molar-refractivity contribution in [2.75, 3.05) is 26.2 Å². The van der Waals surface area contributed by atoms with Crippen molar-refractivity contribution in [2.24, 2.45) is 5.92 Å². The molecule has 2 heterocycles. The minimum Gasteiger partial charge on any atom is -0.508 e. The van der Waals surface area contributed by atoms with E-state index in [0.29, 0.717) is 6.61 Å². The van der Waals surface area contributed by atoms with Gasteiger partial charge in [-0.2, -0.15) is 0 Å². The molecule has 0 aliphatic carbocycles. The lowest BCUT2D eigenvalue weighted by molar-refractivity contribution is 0.0806. The summed E-state index contributed by atoms with van der Waals surface area (Å²) in [6.07, 6.45) is 0.941. The molecule has 0 bridgehead atoms. The van der Waals surface area contributed by atoms with Gasteiger partial charge in [0.1, 0.15) is 35.7 Å². The van der Waals surface area contributed by atoms with Crippen LogP contribution in [-0.2, 0) is 0 Å². The number of rotatable bonds is 7. The molecule has 1 atom stereocenters.